The van der Waals surface area contributed by atoms with Gasteiger partial charge in [0.05, 0.1) is 52.9 Å². The molecule has 2 amide bonds. The molecule has 0 atom stereocenters. The molecule has 38 heavy (non-hydrogen) atoms. The van der Waals surface area contributed by atoms with Gasteiger partial charge < -0.3 is 39.3 Å². The van der Waals surface area contributed by atoms with Crippen molar-refractivity contribution < 1.29 is 43.9 Å². The third-order valence-electron chi connectivity index (χ3n) is 5.14. The standard InChI is InChI=1S/C15H30O5.2C6H13NO2/c1-2-3-4-6-15(17)7-5-9-18-11-13-20-14-12-19-10-8-16;1-3-6(9)7(2)4-5-8;1-3-7(4-5-8)6(2)9/h16H,2-14H2,1H3;2*8H,3-5H2,1-2H3. The smallest absolute Gasteiger partial charge is 0.222 e. The van der Waals surface area contributed by atoms with Crippen LogP contribution in [0, 0.1) is 0 Å². The maximum atomic E-state index is 11.5. The van der Waals surface area contributed by atoms with Crippen LogP contribution in [0.25, 0.3) is 0 Å². The van der Waals surface area contributed by atoms with Crippen LogP contribution in [0.5, 0.6) is 0 Å². The van der Waals surface area contributed by atoms with Crippen LogP contribution in [-0.2, 0) is 28.6 Å². The van der Waals surface area contributed by atoms with Crippen molar-refractivity contribution in [3.8, 4) is 0 Å². The molecule has 0 aromatic heterocycles. The zero-order valence-corrected chi connectivity index (χ0v) is 24.6. The Balaban J connectivity index is -0.000000563. The van der Waals surface area contributed by atoms with Crippen LogP contribution in [0.1, 0.15) is 72.6 Å². The largest absolute Gasteiger partial charge is 0.395 e. The number of ketones is 1. The summed E-state index contributed by atoms with van der Waals surface area (Å²) in [7, 11) is 1.68. The van der Waals surface area contributed by atoms with Gasteiger partial charge in [-0.2, -0.15) is 0 Å². The lowest BCUT2D eigenvalue weighted by Gasteiger charge is -2.16. The van der Waals surface area contributed by atoms with Crippen molar-refractivity contribution in [3.05, 3.63) is 0 Å². The first-order chi connectivity index (χ1) is 18.2. The molecular formula is C27H56N2O9. The van der Waals surface area contributed by atoms with Gasteiger partial charge in [0.15, 0.2) is 0 Å². The number of aliphatic hydroxyl groups excluding tert-OH is 3. The number of rotatable bonds is 22. The molecule has 228 valence electrons. The fourth-order valence-corrected chi connectivity index (χ4v) is 2.88. The van der Waals surface area contributed by atoms with E-state index in [-0.39, 0.29) is 31.6 Å². The first kappa shape index (κ1) is 40.9. The molecule has 0 saturated carbocycles. The van der Waals surface area contributed by atoms with Crippen LogP contribution in [0.3, 0.4) is 0 Å². The number of amides is 2. The number of carbonyl (C=O) groups excluding carboxylic acids is 3. The Kier molecular flexibility index (Phi) is 35.9. The summed E-state index contributed by atoms with van der Waals surface area (Å²) in [5, 5.41) is 25.3. The van der Waals surface area contributed by atoms with Crippen molar-refractivity contribution in [2.24, 2.45) is 0 Å². The van der Waals surface area contributed by atoms with Crippen molar-refractivity contribution in [2.75, 3.05) is 86.1 Å². The predicted molar refractivity (Wildman–Crippen MR) is 148 cm³/mol. The minimum Gasteiger partial charge on any atom is -0.395 e. The second kappa shape index (κ2) is 33.4. The monoisotopic (exact) mass is 552 g/mol. The summed E-state index contributed by atoms with van der Waals surface area (Å²) in [4.78, 5) is 35.9. The first-order valence-corrected chi connectivity index (χ1v) is 13.8. The Morgan fingerprint density at radius 2 is 1.21 bits per heavy atom. The Hall–Kier alpha value is -1.63. The molecule has 0 aromatic carbocycles. The van der Waals surface area contributed by atoms with Gasteiger partial charge in [-0.25, -0.2) is 0 Å². The van der Waals surface area contributed by atoms with Gasteiger partial charge in [-0.05, 0) is 19.8 Å². The van der Waals surface area contributed by atoms with E-state index in [4.69, 9.17) is 29.5 Å². The summed E-state index contributed by atoms with van der Waals surface area (Å²) in [5.41, 5.74) is 0. The molecule has 0 aliphatic heterocycles. The zero-order chi connectivity index (χ0) is 29.4. The first-order valence-electron chi connectivity index (χ1n) is 13.8. The maximum Gasteiger partial charge on any atom is 0.222 e. The highest BCUT2D eigenvalue weighted by Gasteiger charge is 2.03. The van der Waals surface area contributed by atoms with E-state index in [1.165, 1.54) is 11.8 Å². The average Bonchev–Trinajstić information content (AvgIpc) is 2.90. The van der Waals surface area contributed by atoms with Crippen LogP contribution in [0.4, 0.5) is 0 Å². The number of ether oxygens (including phenoxy) is 3. The van der Waals surface area contributed by atoms with Crippen LogP contribution < -0.4 is 0 Å². The average molecular weight is 553 g/mol. The van der Waals surface area contributed by atoms with Crippen LogP contribution >= 0.6 is 0 Å². The highest BCUT2D eigenvalue weighted by Crippen LogP contribution is 2.03. The van der Waals surface area contributed by atoms with Crippen molar-refractivity contribution in [2.45, 2.75) is 72.6 Å². The van der Waals surface area contributed by atoms with E-state index >= 15 is 0 Å². The van der Waals surface area contributed by atoms with Crippen LogP contribution in [0.2, 0.25) is 0 Å². The number of Topliss-reactive ketones (excluding diaryl/α,β-unsaturated/α-hetero) is 1. The normalized spacial score (nSPS) is 10.1. The minimum atomic E-state index is 0.0200. The number of unbranched alkanes of at least 4 members (excludes halogenated alkanes) is 2. The van der Waals surface area contributed by atoms with Crippen molar-refractivity contribution in [1.82, 2.24) is 9.80 Å². The molecule has 0 spiro atoms. The molecule has 0 bridgehead atoms. The van der Waals surface area contributed by atoms with Gasteiger partial charge in [0.1, 0.15) is 5.78 Å². The van der Waals surface area contributed by atoms with Crippen molar-refractivity contribution in [1.29, 1.82) is 0 Å². The topological polar surface area (TPSA) is 146 Å². The Morgan fingerprint density at radius 1 is 0.684 bits per heavy atom. The van der Waals surface area contributed by atoms with Gasteiger partial charge in [-0.15, -0.1) is 0 Å². The molecule has 11 heteroatoms. The molecule has 0 radical (unpaired) electrons. The molecular weight excluding hydrogens is 496 g/mol. The number of nitrogens with zero attached hydrogens (tertiary/aromatic N) is 2. The highest BCUT2D eigenvalue weighted by atomic mass is 16.5. The lowest BCUT2D eigenvalue weighted by atomic mass is 10.1. The minimum absolute atomic E-state index is 0.0200. The van der Waals surface area contributed by atoms with Crippen molar-refractivity contribution in [3.63, 3.8) is 0 Å². The number of hydrogen-bond donors (Lipinski definition) is 3. The number of likely N-dealkylation sites (N-methyl/N-ethyl adjacent to an activating group) is 2. The van der Waals surface area contributed by atoms with Crippen LogP contribution in [0.15, 0.2) is 0 Å². The lowest BCUT2D eigenvalue weighted by Crippen LogP contribution is -2.30. The SMILES string of the molecule is CCC(=O)N(C)CCO.CCCCCC(=O)CCCOCCOCCOCCO.CCN(CCO)C(C)=O. The van der Waals surface area contributed by atoms with Gasteiger partial charge in [0.25, 0.3) is 0 Å². The molecule has 0 unspecified atom stereocenters. The Bertz CT molecular complexity index is 537. The molecule has 0 saturated heterocycles. The Morgan fingerprint density at radius 3 is 1.63 bits per heavy atom. The summed E-state index contributed by atoms with van der Waals surface area (Å²) < 4.78 is 15.7. The summed E-state index contributed by atoms with van der Waals surface area (Å²) in [6.07, 6.45) is 5.96. The predicted octanol–water partition coefficient (Wildman–Crippen LogP) is 1.65. The highest BCUT2D eigenvalue weighted by molar-refractivity contribution is 5.78. The summed E-state index contributed by atoms with van der Waals surface area (Å²) in [6, 6.07) is 0. The number of hydrogen-bond acceptors (Lipinski definition) is 9. The molecule has 0 rings (SSSR count). The molecule has 3 N–H and O–H groups in total. The number of aliphatic hydroxyl groups is 3. The summed E-state index contributed by atoms with van der Waals surface area (Å²) in [6.45, 7) is 12.1. The zero-order valence-electron chi connectivity index (χ0n) is 24.6. The summed E-state index contributed by atoms with van der Waals surface area (Å²) in [5.74, 6) is 0.440. The molecule has 0 aliphatic rings. The second-order valence-electron chi connectivity index (χ2n) is 8.37. The van der Waals surface area contributed by atoms with E-state index in [1.807, 2.05) is 6.92 Å². The van der Waals surface area contributed by atoms with Crippen LogP contribution in [-0.4, -0.2) is 129 Å². The van der Waals surface area contributed by atoms with E-state index in [1.54, 1.807) is 18.9 Å². The maximum absolute atomic E-state index is 11.5. The van der Waals surface area contributed by atoms with E-state index in [9.17, 15) is 14.4 Å². The van der Waals surface area contributed by atoms with E-state index < -0.39 is 0 Å². The van der Waals surface area contributed by atoms with Gasteiger partial charge in [0, 0.05) is 59.5 Å². The molecule has 0 fully saturated rings. The van der Waals surface area contributed by atoms with Gasteiger partial charge in [0.2, 0.25) is 11.8 Å². The Labute approximate surface area is 230 Å². The third kappa shape index (κ3) is 32.4. The molecule has 0 aromatic rings. The van der Waals surface area contributed by atoms with Gasteiger partial charge in [-0.1, -0.05) is 26.7 Å². The van der Waals surface area contributed by atoms with Crippen molar-refractivity contribution >= 4 is 17.6 Å². The van der Waals surface area contributed by atoms with E-state index in [2.05, 4.69) is 6.92 Å². The van der Waals surface area contributed by atoms with Gasteiger partial charge >= 0.3 is 0 Å². The summed E-state index contributed by atoms with van der Waals surface area (Å²) >= 11 is 0. The molecule has 0 aliphatic carbocycles. The molecule has 11 nitrogen and oxygen atoms in total. The van der Waals surface area contributed by atoms with E-state index in [0.717, 1.165) is 25.7 Å². The lowest BCUT2D eigenvalue weighted by molar-refractivity contribution is -0.130. The fraction of sp³-hybridized carbons (Fsp3) is 0.889. The third-order valence-corrected chi connectivity index (χ3v) is 5.14. The van der Waals surface area contributed by atoms with E-state index in [0.29, 0.717) is 84.3 Å². The quantitative estimate of drug-likeness (QED) is 0.171. The second-order valence-corrected chi connectivity index (χ2v) is 8.37. The van der Waals surface area contributed by atoms with Gasteiger partial charge in [-0.3, -0.25) is 14.4 Å². The fourth-order valence-electron chi connectivity index (χ4n) is 2.88. The molecule has 0 heterocycles. The number of carbonyl (C=O) groups is 3.